The van der Waals surface area contributed by atoms with Crippen molar-refractivity contribution in [1.29, 1.82) is 0 Å². The van der Waals surface area contributed by atoms with Crippen LogP contribution in [0.3, 0.4) is 0 Å². The highest BCUT2D eigenvalue weighted by molar-refractivity contribution is 5.98. The first kappa shape index (κ1) is 21.4. The van der Waals surface area contributed by atoms with Gasteiger partial charge in [-0.25, -0.2) is 0 Å². The van der Waals surface area contributed by atoms with Gasteiger partial charge in [0, 0.05) is 23.6 Å². The molecule has 1 aromatic heterocycles. The number of aromatic nitrogens is 1. The lowest BCUT2D eigenvalue weighted by molar-refractivity contribution is 0.0912. The number of nitrogens with one attached hydrogen (secondary N) is 2. The Balaban J connectivity index is 1.58. The molecule has 164 valence electrons. The summed E-state index contributed by atoms with van der Waals surface area (Å²) >= 11 is 0. The second-order valence-corrected chi connectivity index (χ2v) is 8.59. The molecule has 0 bridgehead atoms. The number of nitrogens with zero attached hydrogens (tertiary/aromatic N) is 1. The number of carbonyl (C=O) groups is 1. The zero-order valence-corrected chi connectivity index (χ0v) is 18.3. The van der Waals surface area contributed by atoms with Gasteiger partial charge in [0.05, 0.1) is 24.8 Å². The van der Waals surface area contributed by atoms with Crippen molar-refractivity contribution in [3.63, 3.8) is 0 Å². The fraction of sp³-hybridized carbons (Fsp3) is 0.400. The van der Waals surface area contributed by atoms with Gasteiger partial charge in [-0.05, 0) is 68.6 Å². The molecule has 1 aliphatic heterocycles. The van der Waals surface area contributed by atoms with Crippen molar-refractivity contribution in [2.45, 2.75) is 38.3 Å². The minimum atomic E-state index is -0.384. The number of para-hydroxylation sites is 1. The summed E-state index contributed by atoms with van der Waals surface area (Å²) in [5.74, 6) is 0.499. The highest BCUT2D eigenvalue weighted by Crippen LogP contribution is 2.31. The second-order valence-electron chi connectivity index (χ2n) is 8.59. The second kappa shape index (κ2) is 9.54. The lowest BCUT2D eigenvalue weighted by Gasteiger charge is -2.20. The number of amides is 1. The zero-order valence-electron chi connectivity index (χ0n) is 18.3. The number of fused-ring (bicyclic) bond motifs is 2. The van der Waals surface area contributed by atoms with Gasteiger partial charge in [-0.3, -0.25) is 4.79 Å². The maximum Gasteiger partial charge on any atom is 0.255 e. The number of ether oxygens (including phenoxy) is 1. The van der Waals surface area contributed by atoms with E-state index in [2.05, 4.69) is 27.3 Å². The van der Waals surface area contributed by atoms with Crippen LogP contribution in [0.2, 0.25) is 0 Å². The van der Waals surface area contributed by atoms with Gasteiger partial charge in [0.2, 0.25) is 0 Å². The number of aliphatic hydroxyl groups is 1. The molecule has 2 aromatic carbocycles. The van der Waals surface area contributed by atoms with Gasteiger partial charge in [-0.1, -0.05) is 24.3 Å². The summed E-state index contributed by atoms with van der Waals surface area (Å²) in [6.07, 6.45) is 5.45. The average molecular weight is 422 g/mol. The van der Waals surface area contributed by atoms with E-state index in [0.717, 1.165) is 53.4 Å². The maximum absolute atomic E-state index is 13.3. The standard InChI is InChI=1S/C25H31N3O3/c1-28(2)15-17-11-18-7-5-6-10-31-24(18)22(12-17)25(30)27-20(16-29)13-19-14-26-23-9-4-3-8-21(19)23/h3-4,8-9,11-12,14,20,26,29H,5-7,10,13,15-16H2,1-2H3,(H,27,30)/t20-/m1/s1. The zero-order chi connectivity index (χ0) is 21.8. The molecule has 4 rings (SSSR count). The number of aliphatic hydroxyl groups excluding tert-OH is 1. The van der Waals surface area contributed by atoms with E-state index < -0.39 is 0 Å². The third kappa shape index (κ3) is 4.92. The number of hydrogen-bond acceptors (Lipinski definition) is 4. The third-order valence-electron chi connectivity index (χ3n) is 5.75. The molecule has 3 aromatic rings. The molecule has 1 amide bonds. The highest BCUT2D eigenvalue weighted by Gasteiger charge is 2.23. The third-order valence-corrected chi connectivity index (χ3v) is 5.75. The van der Waals surface area contributed by atoms with Gasteiger partial charge in [-0.15, -0.1) is 0 Å². The van der Waals surface area contributed by atoms with Crippen molar-refractivity contribution in [2.24, 2.45) is 0 Å². The Labute approximate surface area is 183 Å². The van der Waals surface area contributed by atoms with E-state index in [1.54, 1.807) is 0 Å². The van der Waals surface area contributed by atoms with Crippen LogP contribution in [0.4, 0.5) is 0 Å². The van der Waals surface area contributed by atoms with Gasteiger partial charge in [-0.2, -0.15) is 0 Å². The molecule has 0 radical (unpaired) electrons. The van der Waals surface area contributed by atoms with Gasteiger partial charge in [0.1, 0.15) is 5.75 Å². The first-order valence-corrected chi connectivity index (χ1v) is 10.9. The lowest BCUT2D eigenvalue weighted by Crippen LogP contribution is -2.39. The van der Waals surface area contributed by atoms with Crippen LogP contribution in [0, 0.1) is 0 Å². The number of hydrogen-bond donors (Lipinski definition) is 3. The van der Waals surface area contributed by atoms with Gasteiger partial charge >= 0.3 is 0 Å². The summed E-state index contributed by atoms with van der Waals surface area (Å²) in [6.45, 7) is 1.25. The van der Waals surface area contributed by atoms with E-state index in [9.17, 15) is 9.90 Å². The Morgan fingerprint density at radius 3 is 2.90 bits per heavy atom. The van der Waals surface area contributed by atoms with Gasteiger partial charge < -0.3 is 25.0 Å². The van der Waals surface area contributed by atoms with Crippen LogP contribution in [-0.2, 0) is 19.4 Å². The van der Waals surface area contributed by atoms with Crippen molar-refractivity contribution >= 4 is 16.8 Å². The molecular weight excluding hydrogens is 390 g/mol. The number of rotatable bonds is 7. The van der Waals surface area contributed by atoms with Crippen LogP contribution in [0.15, 0.2) is 42.6 Å². The summed E-state index contributed by atoms with van der Waals surface area (Å²) in [5, 5.41) is 14.1. The number of carbonyl (C=O) groups excluding carboxylic acids is 1. The molecule has 0 unspecified atom stereocenters. The Morgan fingerprint density at radius 1 is 1.26 bits per heavy atom. The molecule has 1 aliphatic rings. The Morgan fingerprint density at radius 2 is 2.10 bits per heavy atom. The summed E-state index contributed by atoms with van der Waals surface area (Å²) in [6, 6.07) is 11.8. The summed E-state index contributed by atoms with van der Waals surface area (Å²) in [4.78, 5) is 18.7. The quantitative estimate of drug-likeness (QED) is 0.547. The fourth-order valence-electron chi connectivity index (χ4n) is 4.32. The minimum absolute atomic E-state index is 0.133. The molecule has 0 spiro atoms. The van der Waals surface area contributed by atoms with Crippen molar-refractivity contribution in [2.75, 3.05) is 27.3 Å². The predicted molar refractivity (Wildman–Crippen MR) is 123 cm³/mol. The van der Waals surface area contributed by atoms with Crippen molar-refractivity contribution in [1.82, 2.24) is 15.2 Å². The maximum atomic E-state index is 13.3. The van der Waals surface area contributed by atoms with Crippen LogP contribution in [-0.4, -0.2) is 54.2 Å². The van der Waals surface area contributed by atoms with Gasteiger partial charge in [0.25, 0.3) is 5.91 Å². The molecule has 6 heteroatoms. The normalized spacial score (nSPS) is 14.7. The number of H-pyrrole nitrogens is 1. The Hall–Kier alpha value is -2.83. The van der Waals surface area contributed by atoms with Crippen molar-refractivity contribution < 1.29 is 14.6 Å². The molecule has 2 heterocycles. The van der Waals surface area contributed by atoms with Crippen LogP contribution < -0.4 is 10.1 Å². The van der Waals surface area contributed by atoms with E-state index in [-0.39, 0.29) is 18.6 Å². The fourth-order valence-corrected chi connectivity index (χ4v) is 4.32. The van der Waals surface area contributed by atoms with E-state index in [0.29, 0.717) is 24.3 Å². The van der Waals surface area contributed by atoms with Crippen LogP contribution in [0.5, 0.6) is 5.75 Å². The van der Waals surface area contributed by atoms with Crippen molar-refractivity contribution in [3.8, 4) is 5.75 Å². The summed E-state index contributed by atoms with van der Waals surface area (Å²) in [5.41, 5.74) is 4.88. The van der Waals surface area contributed by atoms with E-state index >= 15 is 0 Å². The predicted octanol–water partition coefficient (Wildman–Crippen LogP) is 3.28. The van der Waals surface area contributed by atoms with Crippen molar-refractivity contribution in [3.05, 3.63) is 64.8 Å². The van der Waals surface area contributed by atoms with Crippen LogP contribution >= 0.6 is 0 Å². The topological polar surface area (TPSA) is 77.6 Å². The molecule has 0 saturated heterocycles. The SMILES string of the molecule is CN(C)Cc1cc2c(c(C(=O)N[C@@H](CO)Cc3c[nH]c4ccccc34)c1)OCCCC2. The molecule has 31 heavy (non-hydrogen) atoms. The Bertz CT molecular complexity index is 1060. The number of aromatic amines is 1. The monoisotopic (exact) mass is 421 g/mol. The molecule has 0 saturated carbocycles. The smallest absolute Gasteiger partial charge is 0.255 e. The largest absolute Gasteiger partial charge is 0.492 e. The molecule has 0 aliphatic carbocycles. The first-order valence-electron chi connectivity index (χ1n) is 10.9. The molecule has 0 fully saturated rings. The van der Waals surface area contributed by atoms with E-state index in [4.69, 9.17) is 4.74 Å². The average Bonchev–Trinajstić information content (AvgIpc) is 3.00. The summed E-state index contributed by atoms with van der Waals surface area (Å²) < 4.78 is 6.00. The molecular formula is C25H31N3O3. The molecule has 1 atom stereocenters. The van der Waals surface area contributed by atoms with Gasteiger partial charge in [0.15, 0.2) is 0 Å². The molecule has 3 N–H and O–H groups in total. The van der Waals surface area contributed by atoms with Crippen LogP contribution in [0.25, 0.3) is 10.9 Å². The highest BCUT2D eigenvalue weighted by atomic mass is 16.5. The van der Waals surface area contributed by atoms with Crippen LogP contribution in [0.1, 0.15) is 39.9 Å². The van der Waals surface area contributed by atoms with E-state index in [1.807, 2.05) is 44.6 Å². The van der Waals surface area contributed by atoms with E-state index in [1.165, 1.54) is 0 Å². The lowest BCUT2D eigenvalue weighted by atomic mass is 9.99. The number of aryl methyl sites for hydroxylation is 1. The minimum Gasteiger partial charge on any atom is -0.492 e. The molecule has 6 nitrogen and oxygen atoms in total. The number of benzene rings is 2. The Kier molecular flexibility index (Phi) is 6.59. The first-order chi connectivity index (χ1) is 15.0. The summed E-state index contributed by atoms with van der Waals surface area (Å²) in [7, 11) is 4.04.